The van der Waals surface area contributed by atoms with E-state index in [0.717, 1.165) is 22.6 Å². The van der Waals surface area contributed by atoms with Gasteiger partial charge in [0.05, 0.1) is 11.4 Å². The zero-order valence-electron chi connectivity index (χ0n) is 18.1. The Bertz CT molecular complexity index is 1270. The van der Waals surface area contributed by atoms with Crippen LogP contribution in [0.3, 0.4) is 0 Å². The molecular weight excluding hydrogens is 440 g/mol. The molecule has 0 fully saturated rings. The normalized spacial score (nSPS) is 10.9. The van der Waals surface area contributed by atoms with E-state index < -0.39 is 0 Å². The van der Waals surface area contributed by atoms with E-state index in [1.165, 1.54) is 22.9 Å². The van der Waals surface area contributed by atoms with E-state index >= 15 is 0 Å². The molecule has 4 aromatic rings. The van der Waals surface area contributed by atoms with Gasteiger partial charge in [0.15, 0.2) is 11.0 Å². The fraction of sp³-hybridized carbons (Fsp3) is 0.160. The summed E-state index contributed by atoms with van der Waals surface area (Å²) in [5.41, 5.74) is 5.96. The number of hydrogen-bond acceptors (Lipinski definition) is 4. The van der Waals surface area contributed by atoms with Gasteiger partial charge in [-0.15, -0.1) is 10.2 Å². The number of nitrogens with zero attached hydrogens (tertiary/aromatic N) is 3. The third-order valence-electron chi connectivity index (χ3n) is 5.20. The van der Waals surface area contributed by atoms with Crippen molar-refractivity contribution in [3.05, 3.63) is 88.4 Å². The van der Waals surface area contributed by atoms with Crippen molar-refractivity contribution in [2.24, 2.45) is 0 Å². The molecule has 0 aliphatic carbocycles. The number of hydrogen-bond donors (Lipinski definition) is 1. The number of halogens is 1. The Morgan fingerprint density at radius 2 is 1.69 bits per heavy atom. The lowest BCUT2D eigenvalue weighted by Gasteiger charge is -2.12. The van der Waals surface area contributed by atoms with E-state index in [9.17, 15) is 4.79 Å². The zero-order valence-corrected chi connectivity index (χ0v) is 19.7. The molecule has 4 rings (SSSR count). The van der Waals surface area contributed by atoms with Crippen LogP contribution < -0.4 is 5.32 Å². The van der Waals surface area contributed by atoms with Crippen molar-refractivity contribution < 1.29 is 4.79 Å². The van der Waals surface area contributed by atoms with Gasteiger partial charge in [0.25, 0.3) is 0 Å². The Hall–Kier alpha value is -3.09. The van der Waals surface area contributed by atoms with Crippen LogP contribution in [-0.2, 0) is 4.79 Å². The Kier molecular flexibility index (Phi) is 6.63. The van der Waals surface area contributed by atoms with Crippen LogP contribution in [-0.4, -0.2) is 26.4 Å². The molecule has 1 N–H and O–H groups in total. The predicted octanol–water partition coefficient (Wildman–Crippen LogP) is 6.24. The molecule has 0 spiro atoms. The van der Waals surface area contributed by atoms with E-state index in [-0.39, 0.29) is 11.7 Å². The van der Waals surface area contributed by atoms with E-state index in [4.69, 9.17) is 11.6 Å². The molecule has 0 unspecified atom stereocenters. The van der Waals surface area contributed by atoms with Crippen molar-refractivity contribution >= 4 is 35.0 Å². The molecule has 0 atom stereocenters. The van der Waals surface area contributed by atoms with Gasteiger partial charge in [-0.3, -0.25) is 9.36 Å². The third-order valence-corrected chi connectivity index (χ3v) is 6.54. The second-order valence-corrected chi connectivity index (χ2v) is 8.93. The maximum Gasteiger partial charge on any atom is 0.234 e. The molecule has 0 saturated carbocycles. The van der Waals surface area contributed by atoms with Gasteiger partial charge in [-0.1, -0.05) is 65.8 Å². The van der Waals surface area contributed by atoms with Gasteiger partial charge in [-0.2, -0.15) is 0 Å². The first kappa shape index (κ1) is 22.1. The number of aryl methyl sites for hydroxylation is 3. The van der Waals surface area contributed by atoms with Crippen LogP contribution in [0.1, 0.15) is 16.7 Å². The van der Waals surface area contributed by atoms with Crippen LogP contribution in [0.25, 0.3) is 17.1 Å². The summed E-state index contributed by atoms with van der Waals surface area (Å²) in [6.07, 6.45) is 0. The first-order valence-electron chi connectivity index (χ1n) is 10.2. The van der Waals surface area contributed by atoms with Crippen LogP contribution in [0.5, 0.6) is 0 Å². The van der Waals surface area contributed by atoms with Crippen LogP contribution in [0, 0.1) is 20.8 Å². The summed E-state index contributed by atoms with van der Waals surface area (Å²) < 4.78 is 2.00. The van der Waals surface area contributed by atoms with Crippen LogP contribution in [0.15, 0.2) is 71.9 Å². The van der Waals surface area contributed by atoms with Gasteiger partial charge in [0.1, 0.15) is 0 Å². The topological polar surface area (TPSA) is 59.8 Å². The largest absolute Gasteiger partial charge is 0.325 e. The number of carbonyl (C=O) groups is 1. The Morgan fingerprint density at radius 3 is 2.41 bits per heavy atom. The molecule has 0 aliphatic rings. The minimum atomic E-state index is -0.134. The second kappa shape index (κ2) is 9.59. The van der Waals surface area contributed by atoms with Gasteiger partial charge in [-0.05, 0) is 61.7 Å². The van der Waals surface area contributed by atoms with E-state index in [2.05, 4.69) is 47.6 Å². The summed E-state index contributed by atoms with van der Waals surface area (Å²) in [6.45, 7) is 6.09. The number of nitrogens with one attached hydrogen (secondary N) is 1. The lowest BCUT2D eigenvalue weighted by molar-refractivity contribution is -0.113. The second-order valence-electron chi connectivity index (χ2n) is 7.58. The first-order valence-corrected chi connectivity index (χ1v) is 11.6. The van der Waals surface area contributed by atoms with Gasteiger partial charge < -0.3 is 5.32 Å². The number of aromatic nitrogens is 3. The smallest absolute Gasteiger partial charge is 0.234 e. The van der Waals surface area contributed by atoms with Crippen molar-refractivity contribution in [3.63, 3.8) is 0 Å². The summed E-state index contributed by atoms with van der Waals surface area (Å²) in [5, 5.41) is 13.0. The van der Waals surface area contributed by atoms with Crippen molar-refractivity contribution in [1.29, 1.82) is 0 Å². The molecule has 3 aromatic carbocycles. The molecule has 1 aromatic heterocycles. The van der Waals surface area contributed by atoms with Crippen LogP contribution in [0.2, 0.25) is 5.02 Å². The van der Waals surface area contributed by atoms with Crippen molar-refractivity contribution in [2.75, 3.05) is 11.1 Å². The standard InChI is InChI=1S/C25H23ClN4OS/c1-16-10-12-21(13-18(16)3)30-24(19-7-5-4-6-8-19)28-29-25(30)32-15-23(31)27-20-11-9-17(2)22(26)14-20/h4-14H,15H2,1-3H3,(H,27,31). The number of anilines is 1. The van der Waals surface area contributed by atoms with E-state index in [1.807, 2.05) is 54.0 Å². The lowest BCUT2D eigenvalue weighted by atomic mass is 10.1. The Morgan fingerprint density at radius 1 is 0.938 bits per heavy atom. The minimum Gasteiger partial charge on any atom is -0.325 e. The molecule has 0 bridgehead atoms. The summed E-state index contributed by atoms with van der Waals surface area (Å²) in [5.74, 6) is 0.802. The monoisotopic (exact) mass is 462 g/mol. The summed E-state index contributed by atoms with van der Waals surface area (Å²) in [7, 11) is 0. The zero-order chi connectivity index (χ0) is 22.7. The Balaban J connectivity index is 1.60. The quantitative estimate of drug-likeness (QED) is 0.344. The summed E-state index contributed by atoms with van der Waals surface area (Å²) in [4.78, 5) is 12.6. The molecule has 0 saturated heterocycles. The minimum absolute atomic E-state index is 0.134. The average molecular weight is 463 g/mol. The number of amides is 1. The fourth-order valence-corrected chi connectivity index (χ4v) is 4.17. The SMILES string of the molecule is Cc1ccc(-n2c(SCC(=O)Nc3ccc(C)c(Cl)c3)nnc2-c2ccccc2)cc1C. The van der Waals surface area contributed by atoms with Crippen molar-refractivity contribution in [1.82, 2.24) is 14.8 Å². The van der Waals surface area contributed by atoms with Gasteiger partial charge in [0, 0.05) is 16.3 Å². The maximum atomic E-state index is 12.6. The molecule has 7 heteroatoms. The van der Waals surface area contributed by atoms with Gasteiger partial charge in [-0.25, -0.2) is 0 Å². The number of rotatable bonds is 6. The molecule has 5 nitrogen and oxygen atoms in total. The first-order chi connectivity index (χ1) is 15.4. The fourth-order valence-electron chi connectivity index (χ4n) is 3.23. The molecule has 0 aliphatic heterocycles. The number of thioether (sulfide) groups is 1. The predicted molar refractivity (Wildman–Crippen MR) is 132 cm³/mol. The molecule has 32 heavy (non-hydrogen) atoms. The highest BCUT2D eigenvalue weighted by Gasteiger charge is 2.18. The highest BCUT2D eigenvalue weighted by atomic mass is 35.5. The summed E-state index contributed by atoms with van der Waals surface area (Å²) in [6, 6.07) is 21.7. The molecule has 0 radical (unpaired) electrons. The van der Waals surface area contributed by atoms with E-state index in [0.29, 0.717) is 15.9 Å². The van der Waals surface area contributed by atoms with Crippen LogP contribution in [0.4, 0.5) is 5.69 Å². The summed E-state index contributed by atoms with van der Waals surface area (Å²) >= 11 is 7.51. The lowest BCUT2D eigenvalue weighted by Crippen LogP contribution is -2.14. The Labute approximate surface area is 196 Å². The number of benzene rings is 3. The average Bonchev–Trinajstić information content (AvgIpc) is 3.21. The van der Waals surface area contributed by atoms with Crippen LogP contribution >= 0.6 is 23.4 Å². The number of carbonyl (C=O) groups excluding carboxylic acids is 1. The van der Waals surface area contributed by atoms with E-state index in [1.54, 1.807) is 6.07 Å². The highest BCUT2D eigenvalue weighted by Crippen LogP contribution is 2.29. The molecule has 162 valence electrons. The molecule has 1 amide bonds. The van der Waals surface area contributed by atoms with Gasteiger partial charge in [0.2, 0.25) is 5.91 Å². The maximum absolute atomic E-state index is 12.6. The molecular formula is C25H23ClN4OS. The van der Waals surface area contributed by atoms with Crippen molar-refractivity contribution in [3.8, 4) is 17.1 Å². The van der Waals surface area contributed by atoms with Crippen molar-refractivity contribution in [2.45, 2.75) is 25.9 Å². The van der Waals surface area contributed by atoms with Gasteiger partial charge >= 0.3 is 0 Å². The third kappa shape index (κ3) is 4.87. The molecule has 1 heterocycles. The highest BCUT2D eigenvalue weighted by molar-refractivity contribution is 7.99.